The number of nitrogens with one attached hydrogen (secondary N) is 2. The van der Waals surface area contributed by atoms with Crippen molar-refractivity contribution in [3.63, 3.8) is 0 Å². The number of amides is 3. The Morgan fingerprint density at radius 3 is 2.62 bits per heavy atom. The number of halogens is 1. The average molecular weight is 440 g/mol. The Labute approximate surface area is 188 Å². The minimum atomic E-state index is -0.396. The minimum Gasteiger partial charge on any atom is -0.487 e. The SMILES string of the molecule is CC(C)NC(=O)C[C@H]1CC2(CCN(C(=O)Nc3cccc(F)c3)CC2)Oc2ccccc21. The van der Waals surface area contributed by atoms with Crippen molar-refractivity contribution in [2.75, 3.05) is 18.4 Å². The summed E-state index contributed by atoms with van der Waals surface area (Å²) in [5, 5.41) is 5.76. The third-order valence-electron chi connectivity index (χ3n) is 6.22. The van der Waals surface area contributed by atoms with E-state index < -0.39 is 5.60 Å². The second kappa shape index (κ2) is 9.18. The first-order chi connectivity index (χ1) is 15.3. The molecular weight excluding hydrogens is 409 g/mol. The molecule has 32 heavy (non-hydrogen) atoms. The number of benzene rings is 2. The van der Waals surface area contributed by atoms with E-state index in [1.807, 2.05) is 38.1 Å². The summed E-state index contributed by atoms with van der Waals surface area (Å²) in [6.45, 7) is 4.99. The first-order valence-electron chi connectivity index (χ1n) is 11.2. The molecule has 2 aliphatic heterocycles. The highest BCUT2D eigenvalue weighted by molar-refractivity contribution is 5.89. The number of ether oxygens (including phenoxy) is 1. The Hall–Kier alpha value is -3.09. The zero-order chi connectivity index (χ0) is 22.7. The monoisotopic (exact) mass is 439 g/mol. The lowest BCUT2D eigenvalue weighted by molar-refractivity contribution is -0.122. The summed E-state index contributed by atoms with van der Waals surface area (Å²) in [5.41, 5.74) is 1.12. The molecular formula is C25H30FN3O3. The third-order valence-corrected chi connectivity index (χ3v) is 6.22. The van der Waals surface area contributed by atoms with Gasteiger partial charge in [-0.3, -0.25) is 4.79 Å². The van der Waals surface area contributed by atoms with Crippen LogP contribution < -0.4 is 15.4 Å². The molecule has 0 saturated carbocycles. The van der Waals surface area contributed by atoms with Crippen molar-refractivity contribution in [3.05, 3.63) is 59.9 Å². The number of rotatable bonds is 4. The Balaban J connectivity index is 1.43. The Kier molecular flexibility index (Phi) is 6.35. The van der Waals surface area contributed by atoms with E-state index in [1.165, 1.54) is 12.1 Å². The lowest BCUT2D eigenvalue weighted by Gasteiger charge is -2.46. The molecule has 0 radical (unpaired) electrons. The maximum atomic E-state index is 13.4. The van der Waals surface area contributed by atoms with Crippen LogP contribution in [0, 0.1) is 5.82 Å². The van der Waals surface area contributed by atoms with Crippen molar-refractivity contribution in [3.8, 4) is 5.75 Å². The maximum absolute atomic E-state index is 13.4. The van der Waals surface area contributed by atoms with Crippen LogP contribution in [-0.4, -0.2) is 41.6 Å². The van der Waals surface area contributed by atoms with Crippen molar-refractivity contribution in [2.24, 2.45) is 0 Å². The molecule has 0 aromatic heterocycles. The van der Waals surface area contributed by atoms with Gasteiger partial charge in [0.25, 0.3) is 0 Å². The van der Waals surface area contributed by atoms with Gasteiger partial charge in [0.2, 0.25) is 5.91 Å². The van der Waals surface area contributed by atoms with Gasteiger partial charge in [-0.15, -0.1) is 0 Å². The molecule has 2 aliphatic rings. The normalized spacial score (nSPS) is 19.2. The fraction of sp³-hybridized carbons (Fsp3) is 0.440. The van der Waals surface area contributed by atoms with Crippen molar-refractivity contribution < 1.29 is 18.7 Å². The highest BCUT2D eigenvalue weighted by Gasteiger charge is 2.44. The van der Waals surface area contributed by atoms with Crippen molar-refractivity contribution in [2.45, 2.75) is 57.1 Å². The highest BCUT2D eigenvalue weighted by atomic mass is 19.1. The van der Waals surface area contributed by atoms with Crippen LogP contribution in [0.15, 0.2) is 48.5 Å². The molecule has 2 aromatic rings. The van der Waals surface area contributed by atoms with Gasteiger partial charge in [-0.25, -0.2) is 9.18 Å². The number of fused-ring (bicyclic) bond motifs is 1. The Morgan fingerprint density at radius 2 is 1.91 bits per heavy atom. The predicted molar refractivity (Wildman–Crippen MR) is 121 cm³/mol. The standard InChI is InChI=1S/C25H30FN3O3/c1-17(2)27-23(30)14-18-16-25(32-22-9-4-3-8-21(18)22)10-12-29(13-11-25)24(31)28-20-7-5-6-19(26)15-20/h3-9,15,17-18H,10-14,16H2,1-2H3,(H,27,30)(H,28,31)/t18-/m0/s1. The molecule has 2 N–H and O–H groups in total. The van der Waals surface area contributed by atoms with E-state index in [1.54, 1.807) is 17.0 Å². The topological polar surface area (TPSA) is 70.7 Å². The summed E-state index contributed by atoms with van der Waals surface area (Å²) in [6, 6.07) is 13.7. The zero-order valence-corrected chi connectivity index (χ0v) is 18.6. The molecule has 1 atom stereocenters. The van der Waals surface area contributed by atoms with Gasteiger partial charge in [-0.2, -0.15) is 0 Å². The summed E-state index contributed by atoms with van der Waals surface area (Å²) >= 11 is 0. The molecule has 0 bridgehead atoms. The largest absolute Gasteiger partial charge is 0.487 e. The number of likely N-dealkylation sites (tertiary alicyclic amines) is 1. The average Bonchev–Trinajstić information content (AvgIpc) is 2.73. The van der Waals surface area contributed by atoms with Gasteiger partial charge in [0.15, 0.2) is 0 Å². The van der Waals surface area contributed by atoms with Gasteiger partial charge in [-0.05, 0) is 50.1 Å². The van der Waals surface area contributed by atoms with Crippen molar-refractivity contribution in [1.29, 1.82) is 0 Å². The molecule has 4 rings (SSSR count). The number of piperidine rings is 1. The van der Waals surface area contributed by atoms with E-state index in [0.717, 1.165) is 17.7 Å². The lowest BCUT2D eigenvalue weighted by Crippen LogP contribution is -2.52. The first kappa shape index (κ1) is 22.1. The van der Waals surface area contributed by atoms with Crippen LogP contribution in [0.3, 0.4) is 0 Å². The van der Waals surface area contributed by atoms with Crippen LogP contribution in [0.5, 0.6) is 5.75 Å². The van der Waals surface area contributed by atoms with Crippen LogP contribution in [0.25, 0.3) is 0 Å². The maximum Gasteiger partial charge on any atom is 0.321 e. The Morgan fingerprint density at radius 1 is 1.16 bits per heavy atom. The van der Waals surface area contributed by atoms with E-state index in [-0.39, 0.29) is 29.7 Å². The van der Waals surface area contributed by atoms with Crippen LogP contribution >= 0.6 is 0 Å². The number of para-hydroxylation sites is 1. The van der Waals surface area contributed by atoms with E-state index >= 15 is 0 Å². The van der Waals surface area contributed by atoms with E-state index in [0.29, 0.717) is 38.0 Å². The number of hydrogen-bond acceptors (Lipinski definition) is 3. The van der Waals surface area contributed by atoms with Crippen molar-refractivity contribution >= 4 is 17.6 Å². The number of hydrogen-bond donors (Lipinski definition) is 2. The molecule has 3 amide bonds. The quantitative estimate of drug-likeness (QED) is 0.727. The van der Waals surface area contributed by atoms with Crippen LogP contribution in [-0.2, 0) is 4.79 Å². The smallest absolute Gasteiger partial charge is 0.321 e. The summed E-state index contributed by atoms with van der Waals surface area (Å²) < 4.78 is 19.9. The van der Waals surface area contributed by atoms with Gasteiger partial charge in [0.1, 0.15) is 17.2 Å². The minimum absolute atomic E-state index is 0.0451. The van der Waals surface area contributed by atoms with Gasteiger partial charge in [0, 0.05) is 50.0 Å². The fourth-order valence-corrected chi connectivity index (χ4v) is 4.72. The molecule has 6 nitrogen and oxygen atoms in total. The summed E-state index contributed by atoms with van der Waals surface area (Å²) in [7, 11) is 0. The summed E-state index contributed by atoms with van der Waals surface area (Å²) in [4.78, 5) is 26.9. The predicted octanol–water partition coefficient (Wildman–Crippen LogP) is 4.67. The van der Waals surface area contributed by atoms with Crippen molar-refractivity contribution in [1.82, 2.24) is 10.2 Å². The van der Waals surface area contributed by atoms with E-state index in [4.69, 9.17) is 4.74 Å². The number of nitrogens with zero attached hydrogens (tertiary/aromatic N) is 1. The number of urea groups is 1. The van der Waals surface area contributed by atoms with Gasteiger partial charge in [-0.1, -0.05) is 24.3 Å². The summed E-state index contributed by atoms with van der Waals surface area (Å²) in [6.07, 6.45) is 2.53. The van der Waals surface area contributed by atoms with Gasteiger partial charge >= 0.3 is 6.03 Å². The number of carbonyl (C=O) groups excluding carboxylic acids is 2. The first-order valence-corrected chi connectivity index (χ1v) is 11.2. The number of anilines is 1. The zero-order valence-electron chi connectivity index (χ0n) is 18.6. The second-order valence-corrected chi connectivity index (χ2v) is 9.08. The summed E-state index contributed by atoms with van der Waals surface area (Å²) in [5.74, 6) is 0.566. The molecule has 2 heterocycles. The van der Waals surface area contributed by atoms with Crippen LogP contribution in [0.4, 0.5) is 14.9 Å². The van der Waals surface area contributed by atoms with Crippen LogP contribution in [0.1, 0.15) is 51.0 Å². The highest BCUT2D eigenvalue weighted by Crippen LogP contribution is 2.46. The molecule has 1 saturated heterocycles. The molecule has 170 valence electrons. The Bertz CT molecular complexity index is 986. The molecule has 7 heteroatoms. The fourth-order valence-electron chi connectivity index (χ4n) is 4.72. The van der Waals surface area contributed by atoms with E-state index in [2.05, 4.69) is 10.6 Å². The van der Waals surface area contributed by atoms with Crippen LogP contribution in [0.2, 0.25) is 0 Å². The second-order valence-electron chi connectivity index (χ2n) is 9.08. The van der Waals surface area contributed by atoms with Gasteiger partial charge in [0.05, 0.1) is 0 Å². The third kappa shape index (κ3) is 5.03. The molecule has 0 aliphatic carbocycles. The molecule has 1 fully saturated rings. The molecule has 2 aromatic carbocycles. The van der Waals surface area contributed by atoms with E-state index in [9.17, 15) is 14.0 Å². The molecule has 0 unspecified atom stereocenters. The lowest BCUT2D eigenvalue weighted by atomic mass is 9.76. The van der Waals surface area contributed by atoms with Gasteiger partial charge < -0.3 is 20.3 Å². The molecule has 1 spiro atoms. The number of carbonyl (C=O) groups is 2.